The maximum atomic E-state index is 9.63. The topological polar surface area (TPSA) is 26.3 Å². The molecule has 0 radical (unpaired) electrons. The van der Waals surface area contributed by atoms with E-state index < -0.39 is 0 Å². The van der Waals surface area contributed by atoms with Crippen LogP contribution in [0.5, 0.6) is 0 Å². The first-order valence-corrected chi connectivity index (χ1v) is 2.62. The molecular weight excluding hydrogens is 102 g/mol. The first-order valence-electron chi connectivity index (χ1n) is 1.14. The van der Waals surface area contributed by atoms with Crippen LogP contribution in [-0.4, -0.2) is 21.1 Å². The summed E-state index contributed by atoms with van der Waals surface area (Å²) in [6.07, 6.45) is 0. The molecule has 0 fully saturated rings. The standard InChI is InChI=1S/CH2O2P.Al.2H/c2-1-3-4;;;/h4H2;;;. The van der Waals surface area contributed by atoms with Gasteiger partial charge in [0.1, 0.15) is 0 Å². The Morgan fingerprint density at radius 3 is 2.20 bits per heavy atom. The zero-order valence-corrected chi connectivity index (χ0v) is 6.05. The monoisotopic (exact) mass is 106 g/mol. The van der Waals surface area contributed by atoms with Gasteiger partial charge in [0.2, 0.25) is 0 Å². The quantitative estimate of drug-likeness (QED) is 0.308. The Morgan fingerprint density at radius 1 is 2.00 bits per heavy atom. The molecule has 0 amide bonds. The van der Waals surface area contributed by atoms with Gasteiger partial charge in [-0.05, 0) is 0 Å². The van der Waals surface area contributed by atoms with Gasteiger partial charge in [0.05, 0.1) is 9.47 Å². The van der Waals surface area contributed by atoms with Crippen molar-refractivity contribution in [2.75, 3.05) is 0 Å². The van der Waals surface area contributed by atoms with Crippen molar-refractivity contribution in [1.29, 1.82) is 0 Å². The lowest BCUT2D eigenvalue weighted by Gasteiger charge is -1.81. The summed E-state index contributed by atoms with van der Waals surface area (Å²) in [5, 5.41) is 0. The van der Waals surface area contributed by atoms with Crippen LogP contribution in [0.2, 0.25) is 0 Å². The van der Waals surface area contributed by atoms with Gasteiger partial charge in [-0.3, -0.25) is 4.79 Å². The average molecular weight is 106 g/mol. The molecule has 0 bridgehead atoms. The zero-order valence-electron chi connectivity index (χ0n) is 2.89. The molecule has 0 aromatic rings. The molecular formula is CH4AlO2P. The minimum atomic E-state index is -0.144. The maximum absolute atomic E-state index is 9.63. The number of carbonyl (C=O) groups excluding carboxylic acids is 1. The van der Waals surface area contributed by atoms with E-state index in [9.17, 15) is 4.79 Å². The van der Waals surface area contributed by atoms with Crippen LogP contribution in [0.25, 0.3) is 0 Å². The molecule has 2 nitrogen and oxygen atoms in total. The molecule has 0 aliphatic carbocycles. The molecule has 5 heavy (non-hydrogen) atoms. The molecule has 1 atom stereocenters. The predicted octanol–water partition coefficient (Wildman–Crippen LogP) is -0.454. The first-order chi connectivity index (χ1) is 2.27. The van der Waals surface area contributed by atoms with Gasteiger partial charge in [0, 0.05) is 0 Å². The molecule has 0 saturated carbocycles. The Balaban J connectivity index is 2.85. The molecule has 0 aliphatic heterocycles. The van der Waals surface area contributed by atoms with E-state index in [1.807, 2.05) is 9.47 Å². The van der Waals surface area contributed by atoms with E-state index in [0.29, 0.717) is 16.3 Å². The summed E-state index contributed by atoms with van der Waals surface area (Å²) in [5.74, 6) is 0. The number of rotatable bonds is 0. The van der Waals surface area contributed by atoms with Gasteiger partial charge in [-0.15, -0.1) is 0 Å². The number of hydrogen-bond donors (Lipinski definition) is 0. The van der Waals surface area contributed by atoms with Gasteiger partial charge in [-0.2, -0.15) is 0 Å². The van der Waals surface area contributed by atoms with Crippen molar-refractivity contribution in [3.8, 4) is 0 Å². The molecule has 0 aromatic heterocycles. The fourth-order valence-corrected chi connectivity index (χ4v) is 0. The summed E-state index contributed by atoms with van der Waals surface area (Å²) in [7, 11) is 1.88. The SMILES string of the molecule is O=[C]([AlH2])OP. The van der Waals surface area contributed by atoms with Gasteiger partial charge < -0.3 is 4.52 Å². The maximum Gasteiger partial charge on any atom is 0.388 e. The highest BCUT2D eigenvalue weighted by molar-refractivity contribution is 7.11. The fraction of sp³-hybridized carbons (Fsp3) is 0. The van der Waals surface area contributed by atoms with Gasteiger partial charge in [-0.1, -0.05) is 0 Å². The second-order valence-electron chi connectivity index (χ2n) is 0.609. The van der Waals surface area contributed by atoms with Crippen molar-refractivity contribution in [1.82, 2.24) is 0 Å². The highest BCUT2D eigenvalue weighted by Crippen LogP contribution is 1.80. The van der Waals surface area contributed by atoms with Crippen molar-refractivity contribution >= 4 is 30.6 Å². The Hall–Kier alpha value is 0.432. The largest absolute Gasteiger partial charge is 0.467 e. The van der Waals surface area contributed by atoms with Gasteiger partial charge >= 0.3 is 16.3 Å². The summed E-state index contributed by atoms with van der Waals surface area (Å²) in [4.78, 5) is 9.49. The van der Waals surface area contributed by atoms with Gasteiger partial charge in [0.25, 0.3) is 0 Å². The van der Waals surface area contributed by atoms with E-state index in [1.54, 1.807) is 0 Å². The zero-order chi connectivity index (χ0) is 4.28. The molecule has 28 valence electrons. The second kappa shape index (κ2) is 2.66. The Morgan fingerprint density at radius 2 is 2.20 bits per heavy atom. The Bertz CT molecular complexity index is 44.9. The highest BCUT2D eigenvalue weighted by atomic mass is 31.0. The molecule has 0 aliphatic rings. The third-order valence-electron chi connectivity index (χ3n) is 0.166. The summed E-state index contributed by atoms with van der Waals surface area (Å²) in [6.45, 7) is 0. The summed E-state index contributed by atoms with van der Waals surface area (Å²) in [5.41, 5.74) is 0. The van der Waals surface area contributed by atoms with Crippen LogP contribution in [0.4, 0.5) is 4.79 Å². The van der Waals surface area contributed by atoms with Crippen LogP contribution in [0.15, 0.2) is 0 Å². The third-order valence-corrected chi connectivity index (χ3v) is 1.20. The number of hydrogen-bond acceptors (Lipinski definition) is 2. The van der Waals surface area contributed by atoms with Crippen LogP contribution in [-0.2, 0) is 4.52 Å². The summed E-state index contributed by atoms with van der Waals surface area (Å²) >= 11 is 0.488. The smallest absolute Gasteiger partial charge is 0.388 e. The third kappa shape index (κ3) is 4.43. The summed E-state index contributed by atoms with van der Waals surface area (Å²) in [6, 6.07) is 0. The molecule has 0 N–H and O–H groups in total. The molecule has 4 heteroatoms. The second-order valence-corrected chi connectivity index (χ2v) is 1.66. The van der Waals surface area contributed by atoms with Crippen molar-refractivity contribution in [2.24, 2.45) is 0 Å². The van der Waals surface area contributed by atoms with E-state index in [-0.39, 0.29) is 4.83 Å². The van der Waals surface area contributed by atoms with Crippen LogP contribution in [0.1, 0.15) is 0 Å². The molecule has 1 unspecified atom stereocenters. The molecule has 0 spiro atoms. The lowest BCUT2D eigenvalue weighted by Crippen LogP contribution is -1.86. The number of carbonyl (C=O) groups is 1. The lowest BCUT2D eigenvalue weighted by molar-refractivity contribution is 0.232. The molecule has 0 saturated heterocycles. The Labute approximate surface area is 40.6 Å². The Kier molecular flexibility index (Phi) is 2.89. The van der Waals surface area contributed by atoms with Crippen LogP contribution < -0.4 is 0 Å². The average Bonchev–Trinajstić information content (AvgIpc) is 1.38. The minimum absolute atomic E-state index is 0.144. The van der Waals surface area contributed by atoms with E-state index in [1.165, 1.54) is 0 Å². The first kappa shape index (κ1) is 5.43. The van der Waals surface area contributed by atoms with Crippen molar-refractivity contribution in [2.45, 2.75) is 0 Å². The molecule has 0 rings (SSSR count). The summed E-state index contributed by atoms with van der Waals surface area (Å²) < 4.78 is 4.09. The van der Waals surface area contributed by atoms with E-state index in [0.717, 1.165) is 0 Å². The van der Waals surface area contributed by atoms with Crippen LogP contribution in [0.3, 0.4) is 0 Å². The molecule has 0 aromatic carbocycles. The van der Waals surface area contributed by atoms with E-state index in [2.05, 4.69) is 4.52 Å². The van der Waals surface area contributed by atoms with Gasteiger partial charge in [-0.25, -0.2) is 0 Å². The van der Waals surface area contributed by atoms with Crippen LogP contribution >= 0.6 is 9.47 Å². The molecule has 0 heterocycles. The fourth-order valence-electron chi connectivity index (χ4n) is 0. The van der Waals surface area contributed by atoms with Gasteiger partial charge in [0.15, 0.2) is 4.83 Å². The highest BCUT2D eigenvalue weighted by Gasteiger charge is 1.77. The van der Waals surface area contributed by atoms with E-state index in [4.69, 9.17) is 0 Å². The lowest BCUT2D eigenvalue weighted by atomic mass is 11.6. The van der Waals surface area contributed by atoms with Crippen molar-refractivity contribution < 1.29 is 9.32 Å². The van der Waals surface area contributed by atoms with E-state index >= 15 is 0 Å². The predicted molar refractivity (Wildman–Crippen MR) is 24.7 cm³/mol. The normalized spacial score (nSPS) is 6.60. The van der Waals surface area contributed by atoms with Crippen molar-refractivity contribution in [3.63, 3.8) is 0 Å². The van der Waals surface area contributed by atoms with Crippen LogP contribution in [0, 0.1) is 0 Å². The minimum Gasteiger partial charge on any atom is -0.467 e. The van der Waals surface area contributed by atoms with Crippen molar-refractivity contribution in [3.05, 3.63) is 0 Å².